The molecule has 0 bridgehead atoms. The summed E-state index contributed by atoms with van der Waals surface area (Å²) in [6, 6.07) is 9.99. The van der Waals surface area contributed by atoms with Gasteiger partial charge in [-0.2, -0.15) is 0 Å². The van der Waals surface area contributed by atoms with Crippen LogP contribution in [0.5, 0.6) is 0 Å². The smallest absolute Gasteiger partial charge is 0.0888 e. The van der Waals surface area contributed by atoms with Crippen LogP contribution in [0, 0.1) is 0 Å². The Morgan fingerprint density at radius 2 is 2.05 bits per heavy atom. The molecular formula is C15H19N3O. The summed E-state index contributed by atoms with van der Waals surface area (Å²) in [5.41, 5.74) is 3.19. The average molecular weight is 257 g/mol. The lowest BCUT2D eigenvalue weighted by Crippen LogP contribution is -2.06. The van der Waals surface area contributed by atoms with Crippen LogP contribution in [-0.2, 0) is 24.3 Å². The second-order valence-electron chi connectivity index (χ2n) is 4.31. The van der Waals surface area contributed by atoms with E-state index in [2.05, 4.69) is 21.4 Å². The van der Waals surface area contributed by atoms with Gasteiger partial charge in [-0.15, -0.1) is 0 Å². The van der Waals surface area contributed by atoms with Crippen LogP contribution in [-0.4, -0.2) is 23.6 Å². The Balaban J connectivity index is 1.70. The second-order valence-corrected chi connectivity index (χ2v) is 4.31. The molecule has 0 aliphatic carbocycles. The second kappa shape index (κ2) is 7.61. The van der Waals surface area contributed by atoms with Crippen LogP contribution in [0.3, 0.4) is 0 Å². The van der Waals surface area contributed by atoms with Gasteiger partial charge in [-0.3, -0.25) is 9.97 Å². The van der Waals surface area contributed by atoms with Crippen LogP contribution in [0.25, 0.3) is 0 Å². The van der Waals surface area contributed by atoms with Crippen molar-refractivity contribution in [3.05, 3.63) is 59.7 Å². The van der Waals surface area contributed by atoms with Crippen LogP contribution in [0.4, 0.5) is 0 Å². The van der Waals surface area contributed by atoms with Gasteiger partial charge in [0, 0.05) is 31.1 Å². The molecule has 0 fully saturated rings. The summed E-state index contributed by atoms with van der Waals surface area (Å²) in [5.74, 6) is 0. The van der Waals surface area contributed by atoms with Gasteiger partial charge in [0.25, 0.3) is 0 Å². The van der Waals surface area contributed by atoms with E-state index in [1.54, 1.807) is 6.20 Å². The highest BCUT2D eigenvalue weighted by atomic mass is 16.5. The lowest BCUT2D eigenvalue weighted by Gasteiger charge is -2.05. The Morgan fingerprint density at radius 1 is 1.11 bits per heavy atom. The summed E-state index contributed by atoms with van der Waals surface area (Å²) in [5, 5.41) is 3.10. The first kappa shape index (κ1) is 13.6. The Labute approximate surface area is 113 Å². The highest BCUT2D eigenvalue weighted by Crippen LogP contribution is 2.02. The van der Waals surface area contributed by atoms with Crippen LogP contribution in [0.1, 0.15) is 17.0 Å². The minimum Gasteiger partial charge on any atom is -0.375 e. The van der Waals surface area contributed by atoms with Gasteiger partial charge in [0.05, 0.1) is 18.9 Å². The summed E-state index contributed by atoms with van der Waals surface area (Å²) >= 11 is 0. The Bertz CT molecular complexity index is 471. The van der Waals surface area contributed by atoms with Gasteiger partial charge in [-0.05, 0) is 30.8 Å². The first-order valence-electron chi connectivity index (χ1n) is 6.44. The van der Waals surface area contributed by atoms with Crippen molar-refractivity contribution < 1.29 is 4.74 Å². The van der Waals surface area contributed by atoms with Gasteiger partial charge in [-0.1, -0.05) is 12.1 Å². The van der Waals surface area contributed by atoms with Crippen molar-refractivity contribution in [2.45, 2.75) is 19.6 Å². The van der Waals surface area contributed by atoms with E-state index in [0.29, 0.717) is 13.2 Å². The molecule has 0 amide bonds. The Kier molecular flexibility index (Phi) is 5.47. The summed E-state index contributed by atoms with van der Waals surface area (Å²) in [6.07, 6.45) is 4.52. The van der Waals surface area contributed by atoms with Crippen LogP contribution in [0.15, 0.2) is 42.7 Å². The van der Waals surface area contributed by atoms with E-state index in [-0.39, 0.29) is 0 Å². The van der Waals surface area contributed by atoms with E-state index in [1.807, 2.05) is 37.5 Å². The average Bonchev–Trinajstić information content (AvgIpc) is 2.47. The van der Waals surface area contributed by atoms with Gasteiger partial charge in [0.15, 0.2) is 0 Å². The number of hydrogen-bond acceptors (Lipinski definition) is 4. The lowest BCUT2D eigenvalue weighted by molar-refractivity contribution is 0.120. The van der Waals surface area contributed by atoms with E-state index < -0.39 is 0 Å². The highest BCUT2D eigenvalue weighted by Gasteiger charge is 1.97. The van der Waals surface area contributed by atoms with Gasteiger partial charge in [0.1, 0.15) is 0 Å². The molecule has 2 aromatic rings. The Morgan fingerprint density at radius 3 is 2.74 bits per heavy atom. The van der Waals surface area contributed by atoms with Crippen molar-refractivity contribution in [2.75, 3.05) is 13.7 Å². The maximum Gasteiger partial charge on any atom is 0.0888 e. The molecule has 0 aliphatic heterocycles. The van der Waals surface area contributed by atoms with Crippen LogP contribution < -0.4 is 5.32 Å². The molecule has 4 heteroatoms. The molecule has 0 aromatic carbocycles. The number of ether oxygens (including phenoxy) is 1. The highest BCUT2D eigenvalue weighted by molar-refractivity contribution is 5.13. The van der Waals surface area contributed by atoms with E-state index >= 15 is 0 Å². The molecule has 0 spiro atoms. The molecule has 0 saturated carbocycles. The number of rotatable bonds is 7. The molecule has 0 atom stereocenters. The maximum absolute atomic E-state index is 5.61. The minimum absolute atomic E-state index is 0.548. The van der Waals surface area contributed by atoms with Crippen molar-refractivity contribution in [1.82, 2.24) is 15.3 Å². The molecule has 100 valence electrons. The summed E-state index contributed by atoms with van der Waals surface area (Å²) in [7, 11) is 1.93. The number of aromatic nitrogens is 2. The van der Waals surface area contributed by atoms with Crippen molar-refractivity contribution in [1.29, 1.82) is 0 Å². The largest absolute Gasteiger partial charge is 0.375 e. The molecular weight excluding hydrogens is 238 g/mol. The molecule has 2 heterocycles. The van der Waals surface area contributed by atoms with Gasteiger partial charge in [-0.25, -0.2) is 0 Å². The first-order valence-corrected chi connectivity index (χ1v) is 6.44. The monoisotopic (exact) mass is 257 g/mol. The normalized spacial score (nSPS) is 10.6. The van der Waals surface area contributed by atoms with Gasteiger partial charge < -0.3 is 10.1 Å². The standard InChI is InChI=1S/C15H19N3O/c1-16-10-13-5-6-15(18-11-13)12-19-9-7-14-4-2-3-8-17-14/h2-6,8,11,16H,7,9-10,12H2,1H3. The van der Waals surface area contributed by atoms with Crippen molar-refractivity contribution in [3.63, 3.8) is 0 Å². The van der Waals surface area contributed by atoms with E-state index in [1.165, 1.54) is 5.56 Å². The zero-order chi connectivity index (χ0) is 13.3. The maximum atomic E-state index is 5.61. The molecule has 1 N–H and O–H groups in total. The quantitative estimate of drug-likeness (QED) is 0.770. The molecule has 0 unspecified atom stereocenters. The predicted molar refractivity (Wildman–Crippen MR) is 74.6 cm³/mol. The third-order valence-electron chi connectivity index (χ3n) is 2.75. The predicted octanol–water partition coefficient (Wildman–Crippen LogP) is 1.96. The summed E-state index contributed by atoms with van der Waals surface area (Å²) in [6.45, 7) is 2.05. The number of pyridine rings is 2. The lowest BCUT2D eigenvalue weighted by atomic mass is 10.2. The molecule has 4 nitrogen and oxygen atoms in total. The minimum atomic E-state index is 0.548. The van der Waals surface area contributed by atoms with E-state index in [9.17, 15) is 0 Å². The van der Waals surface area contributed by atoms with Crippen molar-refractivity contribution in [2.24, 2.45) is 0 Å². The first-order chi connectivity index (χ1) is 9.38. The molecule has 0 radical (unpaired) electrons. The number of nitrogens with one attached hydrogen (secondary N) is 1. The summed E-state index contributed by atoms with van der Waals surface area (Å²) < 4.78 is 5.61. The molecule has 0 aliphatic rings. The van der Waals surface area contributed by atoms with Crippen molar-refractivity contribution in [3.8, 4) is 0 Å². The van der Waals surface area contributed by atoms with Crippen LogP contribution >= 0.6 is 0 Å². The fourth-order valence-electron chi connectivity index (χ4n) is 1.75. The van der Waals surface area contributed by atoms with Crippen LogP contribution in [0.2, 0.25) is 0 Å². The SMILES string of the molecule is CNCc1ccc(COCCc2ccccn2)nc1. The van der Waals surface area contributed by atoms with E-state index in [4.69, 9.17) is 4.74 Å². The molecule has 19 heavy (non-hydrogen) atoms. The number of hydrogen-bond donors (Lipinski definition) is 1. The number of nitrogens with zero attached hydrogens (tertiary/aromatic N) is 2. The van der Waals surface area contributed by atoms with Gasteiger partial charge in [0.2, 0.25) is 0 Å². The zero-order valence-electron chi connectivity index (χ0n) is 11.2. The Hall–Kier alpha value is -1.78. The molecule has 0 saturated heterocycles. The fraction of sp³-hybridized carbons (Fsp3) is 0.333. The molecule has 2 rings (SSSR count). The van der Waals surface area contributed by atoms with Gasteiger partial charge >= 0.3 is 0 Å². The topological polar surface area (TPSA) is 47.0 Å². The van der Waals surface area contributed by atoms with Crippen molar-refractivity contribution >= 4 is 0 Å². The molecule has 2 aromatic heterocycles. The fourth-order valence-corrected chi connectivity index (χ4v) is 1.75. The zero-order valence-corrected chi connectivity index (χ0v) is 11.2. The van der Waals surface area contributed by atoms with E-state index in [0.717, 1.165) is 24.4 Å². The third kappa shape index (κ3) is 4.77. The summed E-state index contributed by atoms with van der Waals surface area (Å²) in [4.78, 5) is 8.61. The third-order valence-corrected chi connectivity index (χ3v) is 2.75.